The van der Waals surface area contributed by atoms with Crippen LogP contribution in [-0.4, -0.2) is 14.0 Å². The van der Waals surface area contributed by atoms with Crippen LogP contribution in [0, 0.1) is 11.8 Å². The fraction of sp³-hybridized carbons (Fsp3) is 1.00. The van der Waals surface area contributed by atoms with Crippen molar-refractivity contribution in [1.29, 1.82) is 0 Å². The lowest BCUT2D eigenvalue weighted by atomic mass is 10.1. The molecular weight excluding hydrogens is 297 g/mol. The van der Waals surface area contributed by atoms with Gasteiger partial charge in [0.15, 0.2) is 3.79 Å². The zero-order chi connectivity index (χ0) is 10.3. The van der Waals surface area contributed by atoms with Gasteiger partial charge in [-0.3, -0.25) is 0 Å². The molecule has 1 aliphatic carbocycles. The van der Waals surface area contributed by atoms with E-state index in [1.165, 1.54) is 0 Å². The van der Waals surface area contributed by atoms with Crippen LogP contribution in [0.15, 0.2) is 0 Å². The summed E-state index contributed by atoms with van der Waals surface area (Å²) in [5, 5.41) is 0. The van der Waals surface area contributed by atoms with Crippen LogP contribution in [0.1, 0.15) is 12.8 Å². The van der Waals surface area contributed by atoms with E-state index in [0.29, 0.717) is 12.3 Å². The van der Waals surface area contributed by atoms with Gasteiger partial charge < -0.3 is 0 Å². The third-order valence-electron chi connectivity index (χ3n) is 2.39. The van der Waals surface area contributed by atoms with Crippen molar-refractivity contribution >= 4 is 69.6 Å². The second-order valence-corrected chi connectivity index (χ2v) is 7.32. The molecule has 0 heterocycles. The van der Waals surface area contributed by atoms with Gasteiger partial charge >= 0.3 is 0 Å². The molecule has 1 aliphatic rings. The maximum absolute atomic E-state index is 6.11. The minimum atomic E-state index is -1.41. The highest BCUT2D eigenvalue weighted by atomic mass is 35.6. The predicted molar refractivity (Wildman–Crippen MR) is 61.7 cm³/mol. The van der Waals surface area contributed by atoms with Crippen molar-refractivity contribution in [3.63, 3.8) is 0 Å². The summed E-state index contributed by atoms with van der Waals surface area (Å²) in [6, 6.07) is 0. The Morgan fingerprint density at radius 2 is 1.69 bits per heavy atom. The third-order valence-corrected chi connectivity index (χ3v) is 4.70. The van der Waals surface area contributed by atoms with Crippen LogP contribution in [0.2, 0.25) is 0 Å². The third kappa shape index (κ3) is 2.65. The molecule has 0 aromatic rings. The maximum atomic E-state index is 6.11. The van der Waals surface area contributed by atoms with Crippen LogP contribution in [0.25, 0.3) is 0 Å². The van der Waals surface area contributed by atoms with E-state index in [0.717, 1.165) is 6.42 Å². The van der Waals surface area contributed by atoms with Crippen molar-refractivity contribution in [3.05, 3.63) is 0 Å². The minimum absolute atomic E-state index is 0.00174. The molecule has 0 spiro atoms. The molecule has 0 aliphatic heterocycles. The van der Waals surface area contributed by atoms with E-state index in [1.54, 1.807) is 0 Å². The normalized spacial score (nSPS) is 33.7. The number of alkyl halides is 6. The van der Waals surface area contributed by atoms with Gasteiger partial charge in [0.1, 0.15) is 4.33 Å². The van der Waals surface area contributed by atoms with Gasteiger partial charge in [-0.25, -0.2) is 0 Å². The van der Waals surface area contributed by atoms with E-state index in [9.17, 15) is 0 Å². The zero-order valence-electron chi connectivity index (χ0n) is 6.54. The van der Waals surface area contributed by atoms with Crippen LogP contribution < -0.4 is 0 Å². The standard InChI is InChI=1S/C7H8Cl6/c8-3-4-1-2-5(6(4,9)10)7(11,12)13/h4-5H,1-3H2. The van der Waals surface area contributed by atoms with Gasteiger partial charge in [-0.2, -0.15) is 0 Å². The average molecular weight is 305 g/mol. The predicted octanol–water partition coefficient (Wildman–Crippen LogP) is 4.80. The Balaban J connectivity index is 2.81. The van der Waals surface area contributed by atoms with Crippen molar-refractivity contribution in [2.75, 3.05) is 5.88 Å². The first-order valence-electron chi connectivity index (χ1n) is 3.80. The monoisotopic (exact) mass is 302 g/mol. The molecule has 13 heavy (non-hydrogen) atoms. The fourth-order valence-electron chi connectivity index (χ4n) is 1.60. The largest absolute Gasteiger partial charge is 0.196 e. The smallest absolute Gasteiger partial charge is 0.126 e. The van der Waals surface area contributed by atoms with Gasteiger partial charge in [0.2, 0.25) is 0 Å². The first kappa shape index (κ1) is 12.8. The summed E-state index contributed by atoms with van der Waals surface area (Å²) in [5.74, 6) is 0.0414. The molecule has 0 N–H and O–H groups in total. The zero-order valence-corrected chi connectivity index (χ0v) is 11.1. The molecule has 2 atom stereocenters. The first-order valence-corrected chi connectivity index (χ1v) is 6.23. The summed E-state index contributed by atoms with van der Waals surface area (Å²) in [5.41, 5.74) is 0. The van der Waals surface area contributed by atoms with Gasteiger partial charge in [-0.1, -0.05) is 34.8 Å². The summed E-state index contributed by atoms with van der Waals surface area (Å²) in [6.07, 6.45) is 1.50. The van der Waals surface area contributed by atoms with Crippen molar-refractivity contribution in [2.45, 2.75) is 21.0 Å². The van der Waals surface area contributed by atoms with Crippen LogP contribution in [0.5, 0.6) is 0 Å². The molecule has 78 valence electrons. The van der Waals surface area contributed by atoms with Crippen LogP contribution in [0.3, 0.4) is 0 Å². The molecule has 1 fully saturated rings. The number of hydrogen-bond acceptors (Lipinski definition) is 0. The Morgan fingerprint density at radius 1 is 1.15 bits per heavy atom. The van der Waals surface area contributed by atoms with Crippen molar-refractivity contribution < 1.29 is 0 Å². The Kier molecular flexibility index (Phi) is 4.25. The Hall–Kier alpha value is 1.74. The number of rotatable bonds is 1. The number of halogens is 6. The minimum Gasteiger partial charge on any atom is -0.126 e. The van der Waals surface area contributed by atoms with Crippen LogP contribution in [0.4, 0.5) is 0 Å². The summed E-state index contributed by atoms with van der Waals surface area (Å²) >= 11 is 35.2. The summed E-state index contributed by atoms with van der Waals surface area (Å²) in [6.45, 7) is 0. The van der Waals surface area contributed by atoms with Gasteiger partial charge in [0.05, 0.1) is 0 Å². The Labute approximate surface area is 108 Å². The molecular formula is C7H8Cl6. The van der Waals surface area contributed by atoms with Crippen molar-refractivity contribution in [3.8, 4) is 0 Å². The van der Waals surface area contributed by atoms with Crippen LogP contribution >= 0.6 is 69.6 Å². The molecule has 1 saturated carbocycles. The fourth-order valence-corrected chi connectivity index (χ4v) is 4.25. The first-order chi connectivity index (χ1) is 5.80. The molecule has 0 saturated heterocycles. The molecule has 1 rings (SSSR count). The Morgan fingerprint density at radius 3 is 1.92 bits per heavy atom. The highest BCUT2D eigenvalue weighted by molar-refractivity contribution is 6.68. The van der Waals surface area contributed by atoms with E-state index in [4.69, 9.17) is 69.6 Å². The quantitative estimate of drug-likeness (QED) is 0.611. The van der Waals surface area contributed by atoms with Gasteiger partial charge in [-0.15, -0.1) is 34.8 Å². The topological polar surface area (TPSA) is 0 Å². The molecule has 0 aromatic heterocycles. The molecule has 6 heteroatoms. The second kappa shape index (κ2) is 4.31. The van der Waals surface area contributed by atoms with Gasteiger partial charge in [0.25, 0.3) is 0 Å². The molecule has 0 aromatic carbocycles. The summed E-state index contributed by atoms with van der Waals surface area (Å²) in [4.78, 5) is 0. The maximum Gasteiger partial charge on any atom is 0.196 e. The van der Waals surface area contributed by atoms with E-state index < -0.39 is 8.13 Å². The summed E-state index contributed by atoms with van der Waals surface area (Å²) < 4.78 is -2.43. The van der Waals surface area contributed by atoms with Gasteiger partial charge in [-0.05, 0) is 12.8 Å². The molecule has 0 nitrogen and oxygen atoms in total. The lowest BCUT2D eigenvalue weighted by Gasteiger charge is -2.31. The highest BCUT2D eigenvalue weighted by Gasteiger charge is 2.55. The van der Waals surface area contributed by atoms with E-state index in [1.807, 2.05) is 0 Å². The molecule has 0 amide bonds. The van der Waals surface area contributed by atoms with Gasteiger partial charge in [0, 0.05) is 17.7 Å². The van der Waals surface area contributed by atoms with E-state index >= 15 is 0 Å². The molecule has 0 radical (unpaired) electrons. The lowest BCUT2D eigenvalue weighted by Crippen LogP contribution is -2.35. The highest BCUT2D eigenvalue weighted by Crippen LogP contribution is 2.57. The lowest BCUT2D eigenvalue weighted by molar-refractivity contribution is 0.489. The second-order valence-electron chi connectivity index (χ2n) is 3.20. The van der Waals surface area contributed by atoms with Crippen molar-refractivity contribution in [2.24, 2.45) is 11.8 Å². The average Bonchev–Trinajstić information content (AvgIpc) is 2.22. The summed E-state index contributed by atoms with van der Waals surface area (Å²) in [7, 11) is 0. The molecule has 2 unspecified atom stereocenters. The Bertz CT molecular complexity index is 184. The molecule has 0 bridgehead atoms. The number of hydrogen-bond donors (Lipinski definition) is 0. The van der Waals surface area contributed by atoms with E-state index in [2.05, 4.69) is 0 Å². The van der Waals surface area contributed by atoms with Crippen molar-refractivity contribution in [1.82, 2.24) is 0 Å². The SMILES string of the molecule is ClCC1CCC(C(Cl)(Cl)Cl)C1(Cl)Cl. The van der Waals surface area contributed by atoms with E-state index in [-0.39, 0.29) is 11.8 Å². The van der Waals surface area contributed by atoms with Crippen LogP contribution in [-0.2, 0) is 0 Å².